The molecule has 0 aromatic heterocycles. The third-order valence-electron chi connectivity index (χ3n) is 3.84. The smallest absolute Gasteiger partial charge is 0.269 e. The molecule has 1 unspecified atom stereocenters. The second-order valence-corrected chi connectivity index (χ2v) is 7.05. The van der Waals surface area contributed by atoms with Crippen molar-refractivity contribution in [2.45, 2.75) is 12.6 Å². The van der Waals surface area contributed by atoms with E-state index in [1.165, 1.54) is 28.9 Å². The van der Waals surface area contributed by atoms with Crippen molar-refractivity contribution in [3.05, 3.63) is 69.8 Å². The number of benzene rings is 2. The lowest BCUT2D eigenvalue weighted by molar-refractivity contribution is -0.384. The molecule has 0 radical (unpaired) electrons. The van der Waals surface area contributed by atoms with Gasteiger partial charge in [-0.2, -0.15) is 0 Å². The fourth-order valence-corrected chi connectivity index (χ4v) is 3.90. The maximum absolute atomic E-state index is 11.2. The van der Waals surface area contributed by atoms with E-state index in [9.17, 15) is 15.2 Å². The Bertz CT molecular complexity index is 797. The number of hydrazine groups is 1. The van der Waals surface area contributed by atoms with Gasteiger partial charge in [-0.25, -0.2) is 5.01 Å². The third-order valence-corrected chi connectivity index (χ3v) is 5.36. The molecule has 1 aliphatic rings. The Balaban J connectivity index is 1.91. The average molecular weight is 361 g/mol. The fraction of sp³-hybridized carbons (Fsp3) is 0.188. The van der Waals surface area contributed by atoms with Crippen molar-refractivity contribution in [1.29, 1.82) is 0 Å². The van der Waals surface area contributed by atoms with E-state index in [1.54, 1.807) is 12.1 Å². The molecule has 124 valence electrons. The molecule has 1 atom stereocenters. The van der Waals surface area contributed by atoms with Gasteiger partial charge in [0.2, 0.25) is 0 Å². The number of thiocarbonyl (C=S) groups is 1. The minimum atomic E-state index is -1.28. The van der Waals surface area contributed by atoms with Crippen LogP contribution in [0.2, 0.25) is 0 Å². The summed E-state index contributed by atoms with van der Waals surface area (Å²) < 4.78 is 0.513. The van der Waals surface area contributed by atoms with Gasteiger partial charge in [0.05, 0.1) is 16.4 Å². The van der Waals surface area contributed by atoms with Crippen LogP contribution in [-0.2, 0) is 5.72 Å². The van der Waals surface area contributed by atoms with Crippen molar-refractivity contribution in [3.8, 4) is 0 Å². The van der Waals surface area contributed by atoms with Crippen molar-refractivity contribution < 1.29 is 10.0 Å². The number of nitro groups is 1. The first-order valence-electron chi connectivity index (χ1n) is 7.18. The molecule has 2 aromatic rings. The topological polar surface area (TPSA) is 78.6 Å². The van der Waals surface area contributed by atoms with Crippen LogP contribution in [0.4, 0.5) is 11.4 Å². The second-order valence-electron chi connectivity index (χ2n) is 5.44. The maximum atomic E-state index is 11.2. The quantitative estimate of drug-likeness (QED) is 0.491. The van der Waals surface area contributed by atoms with Gasteiger partial charge in [0.25, 0.3) is 5.69 Å². The van der Waals surface area contributed by atoms with Crippen LogP contribution in [0.5, 0.6) is 0 Å². The van der Waals surface area contributed by atoms with Gasteiger partial charge in [0, 0.05) is 17.7 Å². The lowest BCUT2D eigenvalue weighted by atomic mass is 9.99. The number of anilines is 1. The number of rotatable bonds is 4. The largest absolute Gasteiger partial charge is 0.365 e. The predicted molar refractivity (Wildman–Crippen MR) is 98.7 cm³/mol. The van der Waals surface area contributed by atoms with E-state index in [0.29, 0.717) is 15.8 Å². The summed E-state index contributed by atoms with van der Waals surface area (Å²) in [4.78, 5) is 10.3. The molecule has 1 aliphatic heterocycles. The number of aliphatic hydroxyl groups is 1. The minimum Gasteiger partial charge on any atom is -0.365 e. The summed E-state index contributed by atoms with van der Waals surface area (Å²) in [7, 11) is 0. The van der Waals surface area contributed by atoms with Crippen molar-refractivity contribution >= 4 is 39.7 Å². The summed E-state index contributed by atoms with van der Waals surface area (Å²) in [5.41, 5.74) is 4.13. The lowest BCUT2D eigenvalue weighted by Gasteiger charge is -2.35. The number of thioether (sulfide) groups is 1. The number of nitrogens with one attached hydrogen (secondary N) is 1. The maximum Gasteiger partial charge on any atom is 0.269 e. The summed E-state index contributed by atoms with van der Waals surface area (Å²) in [5, 5.41) is 23.5. The van der Waals surface area contributed by atoms with E-state index in [1.807, 2.05) is 31.2 Å². The molecule has 0 aliphatic carbocycles. The minimum absolute atomic E-state index is 0.00749. The number of nitrogens with zero attached hydrogens (tertiary/aromatic N) is 2. The number of hydrogen-bond donors (Lipinski definition) is 2. The van der Waals surface area contributed by atoms with E-state index in [4.69, 9.17) is 12.2 Å². The molecule has 1 saturated heterocycles. The Labute approximate surface area is 148 Å². The van der Waals surface area contributed by atoms with E-state index < -0.39 is 10.6 Å². The zero-order chi connectivity index (χ0) is 17.3. The summed E-state index contributed by atoms with van der Waals surface area (Å²) in [5.74, 6) is 0.399. The molecule has 1 heterocycles. The monoisotopic (exact) mass is 361 g/mol. The van der Waals surface area contributed by atoms with Gasteiger partial charge in [0.1, 0.15) is 0 Å². The van der Waals surface area contributed by atoms with Crippen LogP contribution in [0.3, 0.4) is 0 Å². The Hall–Kier alpha value is -2.16. The molecule has 0 saturated carbocycles. The number of non-ortho nitro benzene ring substituents is 1. The number of aryl methyl sites for hydroxylation is 1. The van der Waals surface area contributed by atoms with Gasteiger partial charge < -0.3 is 5.11 Å². The molecule has 0 spiro atoms. The average Bonchev–Trinajstić information content (AvgIpc) is 2.85. The van der Waals surface area contributed by atoms with Crippen LogP contribution in [-0.4, -0.2) is 25.1 Å². The molecule has 1 fully saturated rings. The van der Waals surface area contributed by atoms with Gasteiger partial charge >= 0.3 is 0 Å². The molecular formula is C16H15N3O3S2. The highest BCUT2D eigenvalue weighted by Crippen LogP contribution is 2.40. The molecular weight excluding hydrogens is 346 g/mol. The van der Waals surface area contributed by atoms with Gasteiger partial charge in [-0.3, -0.25) is 15.5 Å². The van der Waals surface area contributed by atoms with Crippen molar-refractivity contribution in [2.75, 3.05) is 11.2 Å². The standard InChI is InChI=1S/C16H15N3O3S2/c1-11-4-2-3-5-14(11)16(20)10-24-15(23)18(16)17-12-6-8-13(9-7-12)19(21)22/h2-9,17,20H,10H2,1H3. The van der Waals surface area contributed by atoms with Crippen LogP contribution >= 0.6 is 24.0 Å². The first-order chi connectivity index (χ1) is 11.4. The Morgan fingerprint density at radius 2 is 1.96 bits per heavy atom. The molecule has 0 bridgehead atoms. The molecule has 8 heteroatoms. The Morgan fingerprint density at radius 1 is 1.29 bits per heavy atom. The summed E-state index contributed by atoms with van der Waals surface area (Å²) in [6.07, 6.45) is 0. The third kappa shape index (κ3) is 2.95. The summed E-state index contributed by atoms with van der Waals surface area (Å²) in [6, 6.07) is 13.6. The zero-order valence-corrected chi connectivity index (χ0v) is 14.4. The predicted octanol–water partition coefficient (Wildman–Crippen LogP) is 3.41. The highest BCUT2D eigenvalue weighted by atomic mass is 32.2. The molecule has 2 N–H and O–H groups in total. The van der Waals surface area contributed by atoms with Crippen LogP contribution < -0.4 is 5.43 Å². The second kappa shape index (κ2) is 6.39. The van der Waals surface area contributed by atoms with Crippen molar-refractivity contribution in [1.82, 2.24) is 5.01 Å². The first-order valence-corrected chi connectivity index (χ1v) is 8.58. The molecule has 0 amide bonds. The normalized spacial score (nSPS) is 20.2. The Morgan fingerprint density at radius 3 is 2.58 bits per heavy atom. The SMILES string of the molecule is Cc1ccccc1C1(O)CSC(=S)N1Nc1ccc([N+](=O)[O-])cc1. The number of nitro benzene ring substituents is 1. The first kappa shape index (κ1) is 16.7. The van der Waals surface area contributed by atoms with E-state index >= 15 is 0 Å². The van der Waals surface area contributed by atoms with E-state index in [2.05, 4.69) is 5.43 Å². The molecule has 3 rings (SSSR count). The van der Waals surface area contributed by atoms with Crippen LogP contribution in [0.1, 0.15) is 11.1 Å². The van der Waals surface area contributed by atoms with Crippen LogP contribution in [0.15, 0.2) is 48.5 Å². The van der Waals surface area contributed by atoms with Gasteiger partial charge in [0.15, 0.2) is 10.0 Å². The Kier molecular flexibility index (Phi) is 4.44. The summed E-state index contributed by atoms with van der Waals surface area (Å²) in [6.45, 7) is 1.93. The zero-order valence-electron chi connectivity index (χ0n) is 12.8. The van der Waals surface area contributed by atoms with E-state index in [0.717, 1.165) is 11.1 Å². The molecule has 2 aromatic carbocycles. The van der Waals surface area contributed by atoms with Crippen LogP contribution in [0.25, 0.3) is 0 Å². The van der Waals surface area contributed by atoms with Gasteiger partial charge in [-0.1, -0.05) is 48.2 Å². The van der Waals surface area contributed by atoms with Gasteiger partial charge in [-0.15, -0.1) is 0 Å². The highest BCUT2D eigenvalue weighted by Gasteiger charge is 2.45. The molecule has 6 nitrogen and oxygen atoms in total. The summed E-state index contributed by atoms with van der Waals surface area (Å²) >= 11 is 6.74. The van der Waals surface area contributed by atoms with Crippen LogP contribution in [0, 0.1) is 17.0 Å². The van der Waals surface area contributed by atoms with E-state index in [-0.39, 0.29) is 5.69 Å². The van der Waals surface area contributed by atoms with Crippen molar-refractivity contribution in [3.63, 3.8) is 0 Å². The van der Waals surface area contributed by atoms with Gasteiger partial charge in [-0.05, 0) is 24.6 Å². The fourth-order valence-electron chi connectivity index (χ4n) is 2.59. The lowest BCUT2D eigenvalue weighted by Crippen LogP contribution is -2.48. The highest BCUT2D eigenvalue weighted by molar-refractivity contribution is 8.23. The number of hydrogen-bond acceptors (Lipinski definition) is 6. The molecule has 24 heavy (non-hydrogen) atoms. The van der Waals surface area contributed by atoms with Crippen molar-refractivity contribution in [2.24, 2.45) is 0 Å².